The van der Waals surface area contributed by atoms with Crippen molar-refractivity contribution in [3.05, 3.63) is 28.8 Å². The van der Waals surface area contributed by atoms with E-state index in [1.165, 1.54) is 0 Å². The van der Waals surface area contributed by atoms with Crippen molar-refractivity contribution in [2.75, 3.05) is 13.2 Å². The number of hydrogen-bond acceptors (Lipinski definition) is 3. The Morgan fingerprint density at radius 1 is 1.67 bits per heavy atom. The van der Waals surface area contributed by atoms with Crippen molar-refractivity contribution in [2.45, 2.75) is 19.4 Å². The van der Waals surface area contributed by atoms with Gasteiger partial charge in [0.25, 0.3) is 0 Å². The average molecular weight is 269 g/mol. The van der Waals surface area contributed by atoms with Crippen LogP contribution in [0.3, 0.4) is 0 Å². The first kappa shape index (κ1) is 13.2. The van der Waals surface area contributed by atoms with Gasteiger partial charge in [0.15, 0.2) is 0 Å². The van der Waals surface area contributed by atoms with Crippen molar-refractivity contribution in [1.82, 2.24) is 5.32 Å². The molecule has 0 aromatic heterocycles. The van der Waals surface area contributed by atoms with E-state index in [0.29, 0.717) is 23.9 Å². The van der Waals surface area contributed by atoms with E-state index in [2.05, 4.69) is 5.32 Å². The van der Waals surface area contributed by atoms with Crippen molar-refractivity contribution in [2.24, 2.45) is 11.7 Å². The largest absolute Gasteiger partial charge is 0.492 e. The number of halogens is 1. The molecular formula is C13H17ClN2O2. The van der Waals surface area contributed by atoms with Gasteiger partial charge in [-0.2, -0.15) is 0 Å². The second kappa shape index (κ2) is 5.59. The number of fused-ring (bicyclic) bond motifs is 1. The Balaban J connectivity index is 2.18. The minimum absolute atomic E-state index is 0.0321. The number of amides is 1. The highest BCUT2D eigenvalue weighted by atomic mass is 35.5. The number of ether oxygens (including phenoxy) is 1. The van der Waals surface area contributed by atoms with Crippen LogP contribution in [0.15, 0.2) is 18.2 Å². The second-order valence-electron chi connectivity index (χ2n) is 4.49. The van der Waals surface area contributed by atoms with Crippen molar-refractivity contribution in [3.8, 4) is 5.75 Å². The summed E-state index contributed by atoms with van der Waals surface area (Å²) in [6.07, 6.45) is 0.746. The van der Waals surface area contributed by atoms with Gasteiger partial charge < -0.3 is 15.8 Å². The van der Waals surface area contributed by atoms with Crippen molar-refractivity contribution < 1.29 is 9.53 Å². The third kappa shape index (κ3) is 2.60. The number of para-hydroxylation sites is 1. The summed E-state index contributed by atoms with van der Waals surface area (Å²) in [6, 6.07) is 5.53. The van der Waals surface area contributed by atoms with Crippen molar-refractivity contribution >= 4 is 17.5 Å². The molecule has 2 atom stereocenters. The molecule has 1 aliphatic heterocycles. The molecule has 2 rings (SSSR count). The molecule has 0 fully saturated rings. The molecule has 3 N–H and O–H groups in total. The lowest BCUT2D eigenvalue weighted by Crippen LogP contribution is -2.37. The molecule has 1 heterocycles. The zero-order chi connectivity index (χ0) is 13.1. The Kier molecular flexibility index (Phi) is 4.09. The summed E-state index contributed by atoms with van der Waals surface area (Å²) in [4.78, 5) is 11.9. The molecule has 1 aromatic carbocycles. The van der Waals surface area contributed by atoms with E-state index >= 15 is 0 Å². The minimum Gasteiger partial charge on any atom is -0.492 e. The molecule has 18 heavy (non-hydrogen) atoms. The fourth-order valence-electron chi connectivity index (χ4n) is 1.96. The predicted molar refractivity (Wildman–Crippen MR) is 70.7 cm³/mol. The maximum Gasteiger partial charge on any atom is 0.224 e. The first-order valence-electron chi connectivity index (χ1n) is 6.05. The Hall–Kier alpha value is -1.26. The van der Waals surface area contributed by atoms with E-state index in [9.17, 15) is 4.79 Å². The number of nitrogens with two attached hydrogens (primary N) is 1. The van der Waals surface area contributed by atoms with Gasteiger partial charge in [0.1, 0.15) is 5.75 Å². The van der Waals surface area contributed by atoms with Crippen LogP contribution in [0.25, 0.3) is 0 Å². The lowest BCUT2D eigenvalue weighted by Gasteiger charge is -2.28. The van der Waals surface area contributed by atoms with E-state index in [4.69, 9.17) is 22.1 Å². The molecule has 1 aromatic rings. The Bertz CT molecular complexity index is 451. The van der Waals surface area contributed by atoms with Gasteiger partial charge >= 0.3 is 0 Å². The smallest absolute Gasteiger partial charge is 0.224 e. The molecular weight excluding hydrogens is 252 g/mol. The lowest BCUT2D eigenvalue weighted by molar-refractivity contribution is -0.125. The molecule has 0 spiro atoms. The molecule has 98 valence electrons. The van der Waals surface area contributed by atoms with Gasteiger partial charge in [-0.25, -0.2) is 0 Å². The molecule has 5 heteroatoms. The maximum atomic E-state index is 11.9. The van der Waals surface area contributed by atoms with Crippen LogP contribution in [0.2, 0.25) is 5.02 Å². The van der Waals surface area contributed by atoms with Gasteiger partial charge in [-0.3, -0.25) is 4.79 Å². The number of benzene rings is 1. The molecule has 4 nitrogen and oxygen atoms in total. The minimum atomic E-state index is -0.185. The van der Waals surface area contributed by atoms with Crippen LogP contribution in [0.1, 0.15) is 24.9 Å². The van der Waals surface area contributed by atoms with Crippen LogP contribution in [-0.2, 0) is 4.79 Å². The van der Waals surface area contributed by atoms with Gasteiger partial charge in [0.05, 0.1) is 17.7 Å². The first-order chi connectivity index (χ1) is 8.63. The summed E-state index contributed by atoms with van der Waals surface area (Å²) in [5, 5.41) is 3.58. The monoisotopic (exact) mass is 268 g/mol. The molecule has 0 radical (unpaired) electrons. The van der Waals surface area contributed by atoms with Crippen LogP contribution in [0.5, 0.6) is 5.75 Å². The second-order valence-corrected chi connectivity index (χ2v) is 4.90. The summed E-state index contributed by atoms with van der Waals surface area (Å²) in [5.41, 5.74) is 6.43. The highest BCUT2D eigenvalue weighted by Crippen LogP contribution is 2.37. The van der Waals surface area contributed by atoms with Gasteiger partial charge in [0.2, 0.25) is 5.91 Å². The molecule has 0 saturated heterocycles. The first-order valence-corrected chi connectivity index (χ1v) is 6.43. The van der Waals surface area contributed by atoms with Crippen molar-refractivity contribution in [1.29, 1.82) is 0 Å². The highest BCUT2D eigenvalue weighted by Gasteiger charge is 2.25. The number of carbonyl (C=O) groups is 1. The van der Waals surface area contributed by atoms with Crippen LogP contribution >= 0.6 is 11.6 Å². The zero-order valence-electron chi connectivity index (χ0n) is 10.3. The summed E-state index contributed by atoms with van der Waals surface area (Å²) in [5.74, 6) is 0.460. The van der Waals surface area contributed by atoms with Gasteiger partial charge in [-0.05, 0) is 6.07 Å². The summed E-state index contributed by atoms with van der Waals surface area (Å²) >= 11 is 6.08. The van der Waals surface area contributed by atoms with Crippen LogP contribution in [-0.4, -0.2) is 19.1 Å². The Labute approximate surface area is 111 Å². The van der Waals surface area contributed by atoms with Crippen molar-refractivity contribution in [3.63, 3.8) is 0 Å². The zero-order valence-corrected chi connectivity index (χ0v) is 11.0. The number of rotatable bonds is 3. The molecule has 0 bridgehead atoms. The molecule has 0 aliphatic carbocycles. The predicted octanol–water partition coefficient (Wildman–Crippen LogP) is 1.87. The van der Waals surface area contributed by atoms with E-state index in [-0.39, 0.29) is 17.9 Å². The number of nitrogens with one attached hydrogen (secondary N) is 1. The van der Waals surface area contributed by atoms with Gasteiger partial charge in [-0.15, -0.1) is 0 Å². The van der Waals surface area contributed by atoms with Crippen LogP contribution in [0.4, 0.5) is 0 Å². The van der Waals surface area contributed by atoms with E-state index < -0.39 is 0 Å². The third-order valence-electron chi connectivity index (χ3n) is 3.14. The van der Waals surface area contributed by atoms with E-state index in [1.807, 2.05) is 19.1 Å². The normalized spacial score (nSPS) is 19.6. The SMILES string of the molecule is CC(CN)C(=O)NC1CCOc2c(Cl)cccc21. The quantitative estimate of drug-likeness (QED) is 0.880. The fourth-order valence-corrected chi connectivity index (χ4v) is 2.19. The Morgan fingerprint density at radius 3 is 3.17 bits per heavy atom. The number of carbonyl (C=O) groups excluding carboxylic acids is 1. The average Bonchev–Trinajstić information content (AvgIpc) is 2.39. The molecule has 0 saturated carbocycles. The van der Waals surface area contributed by atoms with Crippen LogP contribution < -0.4 is 15.8 Å². The summed E-state index contributed by atoms with van der Waals surface area (Å²) in [6.45, 7) is 2.71. The summed E-state index contributed by atoms with van der Waals surface area (Å²) in [7, 11) is 0. The molecule has 1 aliphatic rings. The standard InChI is InChI=1S/C13H17ClN2O2/c1-8(7-15)13(17)16-11-5-6-18-12-9(11)3-2-4-10(12)14/h2-4,8,11H,5-7,15H2,1H3,(H,16,17). The van der Waals surface area contributed by atoms with Gasteiger partial charge in [-0.1, -0.05) is 30.7 Å². The van der Waals surface area contributed by atoms with E-state index in [0.717, 1.165) is 12.0 Å². The summed E-state index contributed by atoms with van der Waals surface area (Å²) < 4.78 is 5.54. The topological polar surface area (TPSA) is 64.4 Å². The maximum absolute atomic E-state index is 11.9. The fraction of sp³-hybridized carbons (Fsp3) is 0.462. The third-order valence-corrected chi connectivity index (χ3v) is 3.44. The lowest BCUT2D eigenvalue weighted by atomic mass is 9.99. The Morgan fingerprint density at radius 2 is 2.44 bits per heavy atom. The van der Waals surface area contributed by atoms with E-state index in [1.54, 1.807) is 6.07 Å². The van der Waals surface area contributed by atoms with Gasteiger partial charge in [0, 0.05) is 24.4 Å². The highest BCUT2D eigenvalue weighted by molar-refractivity contribution is 6.32. The number of hydrogen-bond donors (Lipinski definition) is 2. The van der Waals surface area contributed by atoms with Crippen LogP contribution in [0, 0.1) is 5.92 Å². The molecule has 1 amide bonds. The molecule has 2 unspecified atom stereocenters.